The van der Waals surface area contributed by atoms with Gasteiger partial charge in [-0.05, 0) is 12.3 Å². The Morgan fingerprint density at radius 1 is 1.80 bits per heavy atom. The molecule has 3 heteroatoms. The molecule has 0 saturated carbocycles. The minimum atomic E-state index is 0.525. The summed E-state index contributed by atoms with van der Waals surface area (Å²) in [7, 11) is 1.71. The van der Waals surface area contributed by atoms with E-state index < -0.39 is 0 Å². The van der Waals surface area contributed by atoms with Crippen molar-refractivity contribution >= 4 is 11.9 Å². The molecule has 0 aromatic heterocycles. The second-order valence-corrected chi connectivity index (χ2v) is 2.85. The summed E-state index contributed by atoms with van der Waals surface area (Å²) in [6, 6.07) is 0. The zero-order chi connectivity index (χ0) is 7.82. The first-order valence-corrected chi connectivity index (χ1v) is 4.31. The van der Waals surface area contributed by atoms with E-state index in [-0.39, 0.29) is 0 Å². The Bertz CT molecular complexity index is 81.7. The molecule has 1 atom stereocenters. The predicted molar refractivity (Wildman–Crippen MR) is 46.8 cm³/mol. The molecule has 0 aliphatic heterocycles. The van der Waals surface area contributed by atoms with E-state index >= 15 is 0 Å². The largest absolute Gasteiger partial charge is 0.384 e. The van der Waals surface area contributed by atoms with Gasteiger partial charge in [0, 0.05) is 12.9 Å². The standard InChI is InChI=1S/C7H15NOS/c1-3-4-7(5-9-2)6-10-8/h3,7H,1,4-6,8H2,2H3. The van der Waals surface area contributed by atoms with Crippen molar-refractivity contribution in [3.8, 4) is 0 Å². The van der Waals surface area contributed by atoms with E-state index in [1.807, 2.05) is 6.08 Å². The van der Waals surface area contributed by atoms with Crippen molar-refractivity contribution in [2.45, 2.75) is 6.42 Å². The van der Waals surface area contributed by atoms with Gasteiger partial charge in [0.15, 0.2) is 0 Å². The first-order chi connectivity index (χ1) is 4.85. The Balaban J connectivity index is 3.38. The van der Waals surface area contributed by atoms with Crippen LogP contribution in [0.1, 0.15) is 6.42 Å². The van der Waals surface area contributed by atoms with Gasteiger partial charge in [-0.15, -0.1) is 6.58 Å². The average molecular weight is 161 g/mol. The smallest absolute Gasteiger partial charge is 0.0501 e. The normalized spacial score (nSPS) is 13.0. The van der Waals surface area contributed by atoms with Crippen molar-refractivity contribution < 1.29 is 4.74 Å². The van der Waals surface area contributed by atoms with E-state index in [1.165, 1.54) is 11.9 Å². The van der Waals surface area contributed by atoms with Gasteiger partial charge in [0.05, 0.1) is 6.61 Å². The van der Waals surface area contributed by atoms with Gasteiger partial charge in [0.1, 0.15) is 0 Å². The number of hydrogen-bond acceptors (Lipinski definition) is 3. The van der Waals surface area contributed by atoms with Crippen molar-refractivity contribution in [3.05, 3.63) is 12.7 Å². The van der Waals surface area contributed by atoms with E-state index in [0.717, 1.165) is 18.8 Å². The Hall–Kier alpha value is 0.01000. The van der Waals surface area contributed by atoms with Gasteiger partial charge in [0.2, 0.25) is 0 Å². The fourth-order valence-corrected chi connectivity index (χ4v) is 1.30. The summed E-state index contributed by atoms with van der Waals surface area (Å²) in [5, 5.41) is 5.32. The van der Waals surface area contributed by atoms with Gasteiger partial charge in [-0.3, -0.25) is 5.14 Å². The average Bonchev–Trinajstić information content (AvgIpc) is 1.90. The second-order valence-electron chi connectivity index (χ2n) is 2.18. The van der Waals surface area contributed by atoms with Crippen LogP contribution in [0.2, 0.25) is 0 Å². The van der Waals surface area contributed by atoms with Gasteiger partial charge >= 0.3 is 0 Å². The van der Waals surface area contributed by atoms with Gasteiger partial charge in [-0.25, -0.2) is 0 Å². The summed E-state index contributed by atoms with van der Waals surface area (Å²) < 4.78 is 4.99. The topological polar surface area (TPSA) is 35.2 Å². The highest BCUT2D eigenvalue weighted by atomic mass is 32.2. The molecule has 0 aliphatic rings. The van der Waals surface area contributed by atoms with Gasteiger partial charge in [0.25, 0.3) is 0 Å². The molecule has 2 N–H and O–H groups in total. The molecule has 0 fully saturated rings. The Morgan fingerprint density at radius 3 is 2.90 bits per heavy atom. The molecular weight excluding hydrogens is 146 g/mol. The third-order valence-electron chi connectivity index (χ3n) is 1.23. The van der Waals surface area contributed by atoms with Crippen molar-refractivity contribution in [2.75, 3.05) is 19.5 Å². The van der Waals surface area contributed by atoms with Crippen LogP contribution in [-0.4, -0.2) is 19.5 Å². The number of ether oxygens (including phenoxy) is 1. The molecule has 0 aliphatic carbocycles. The van der Waals surface area contributed by atoms with E-state index in [2.05, 4.69) is 6.58 Å². The maximum absolute atomic E-state index is 5.32. The van der Waals surface area contributed by atoms with Crippen LogP contribution in [0, 0.1) is 5.92 Å². The number of nitrogens with two attached hydrogens (primary N) is 1. The monoisotopic (exact) mass is 161 g/mol. The quantitative estimate of drug-likeness (QED) is 0.473. The number of rotatable bonds is 6. The third kappa shape index (κ3) is 4.85. The van der Waals surface area contributed by atoms with Gasteiger partial charge in [-0.1, -0.05) is 18.0 Å². The SMILES string of the molecule is C=CCC(COC)CSN. The fourth-order valence-electron chi connectivity index (χ4n) is 0.792. The lowest BCUT2D eigenvalue weighted by Crippen LogP contribution is -2.11. The first kappa shape index (κ1) is 10.0. The molecular formula is C7H15NOS. The highest BCUT2D eigenvalue weighted by molar-refractivity contribution is 7.97. The zero-order valence-corrected chi connectivity index (χ0v) is 7.19. The van der Waals surface area contributed by atoms with Crippen LogP contribution in [0.15, 0.2) is 12.7 Å². The Kier molecular flexibility index (Phi) is 7.13. The molecule has 60 valence electrons. The second kappa shape index (κ2) is 7.12. The minimum absolute atomic E-state index is 0.525. The maximum atomic E-state index is 5.32. The van der Waals surface area contributed by atoms with Crippen LogP contribution < -0.4 is 5.14 Å². The molecule has 0 bridgehead atoms. The van der Waals surface area contributed by atoms with Crippen LogP contribution in [0.25, 0.3) is 0 Å². The molecule has 0 heterocycles. The summed E-state index contributed by atoms with van der Waals surface area (Å²) in [5.74, 6) is 1.47. The molecule has 0 aromatic rings. The number of allylic oxidation sites excluding steroid dienone is 1. The lowest BCUT2D eigenvalue weighted by molar-refractivity contribution is 0.162. The lowest BCUT2D eigenvalue weighted by atomic mass is 10.1. The molecule has 1 unspecified atom stereocenters. The van der Waals surface area contributed by atoms with Crippen LogP contribution in [0.3, 0.4) is 0 Å². The predicted octanol–water partition coefficient (Wildman–Crippen LogP) is 1.43. The highest BCUT2D eigenvalue weighted by Gasteiger charge is 2.04. The van der Waals surface area contributed by atoms with Crippen LogP contribution in [0.5, 0.6) is 0 Å². The minimum Gasteiger partial charge on any atom is -0.384 e. The molecule has 2 nitrogen and oxygen atoms in total. The Morgan fingerprint density at radius 2 is 2.50 bits per heavy atom. The maximum Gasteiger partial charge on any atom is 0.0501 e. The summed E-state index contributed by atoms with van der Waals surface area (Å²) in [4.78, 5) is 0. The fraction of sp³-hybridized carbons (Fsp3) is 0.714. The summed E-state index contributed by atoms with van der Waals surface area (Å²) >= 11 is 1.36. The van der Waals surface area contributed by atoms with E-state index in [0.29, 0.717) is 5.92 Å². The van der Waals surface area contributed by atoms with E-state index in [4.69, 9.17) is 9.88 Å². The van der Waals surface area contributed by atoms with Crippen LogP contribution in [-0.2, 0) is 4.74 Å². The lowest BCUT2D eigenvalue weighted by Gasteiger charge is -2.10. The van der Waals surface area contributed by atoms with Crippen molar-refractivity contribution in [1.82, 2.24) is 0 Å². The Labute approximate surface area is 67.0 Å². The molecule has 0 aromatic carbocycles. The van der Waals surface area contributed by atoms with Gasteiger partial charge in [-0.2, -0.15) is 0 Å². The third-order valence-corrected chi connectivity index (χ3v) is 1.90. The summed E-state index contributed by atoms with van der Waals surface area (Å²) in [6.45, 7) is 4.43. The van der Waals surface area contributed by atoms with Crippen molar-refractivity contribution in [1.29, 1.82) is 0 Å². The van der Waals surface area contributed by atoms with E-state index in [9.17, 15) is 0 Å². The number of hydrogen-bond donors (Lipinski definition) is 1. The summed E-state index contributed by atoms with van der Waals surface area (Å²) in [6.07, 6.45) is 2.89. The molecule has 0 saturated heterocycles. The van der Waals surface area contributed by atoms with Crippen molar-refractivity contribution in [2.24, 2.45) is 11.1 Å². The van der Waals surface area contributed by atoms with E-state index in [1.54, 1.807) is 7.11 Å². The van der Waals surface area contributed by atoms with Gasteiger partial charge < -0.3 is 4.74 Å². The summed E-state index contributed by atoms with van der Waals surface area (Å²) in [5.41, 5.74) is 0. The first-order valence-electron chi connectivity index (χ1n) is 3.26. The molecule has 0 spiro atoms. The van der Waals surface area contributed by atoms with Crippen LogP contribution >= 0.6 is 11.9 Å². The molecule has 0 rings (SSSR count). The molecule has 0 radical (unpaired) electrons. The van der Waals surface area contributed by atoms with Crippen LogP contribution in [0.4, 0.5) is 0 Å². The molecule has 0 amide bonds. The zero-order valence-electron chi connectivity index (χ0n) is 6.38. The highest BCUT2D eigenvalue weighted by Crippen LogP contribution is 2.08. The van der Waals surface area contributed by atoms with Crippen molar-refractivity contribution in [3.63, 3.8) is 0 Å². The molecule has 10 heavy (non-hydrogen) atoms. The number of methoxy groups -OCH3 is 1.